The van der Waals surface area contributed by atoms with Gasteiger partial charge in [0.25, 0.3) is 11.7 Å². The van der Waals surface area contributed by atoms with Gasteiger partial charge in [-0.3, -0.25) is 14.5 Å². The van der Waals surface area contributed by atoms with E-state index in [1.54, 1.807) is 12.1 Å². The van der Waals surface area contributed by atoms with Gasteiger partial charge >= 0.3 is 0 Å². The Morgan fingerprint density at radius 2 is 1.46 bits per heavy atom. The fourth-order valence-corrected chi connectivity index (χ4v) is 5.76. The molecule has 0 aliphatic carbocycles. The van der Waals surface area contributed by atoms with Gasteiger partial charge in [0.15, 0.2) is 11.5 Å². The van der Waals surface area contributed by atoms with Gasteiger partial charge in [-0.05, 0) is 61.9 Å². The lowest BCUT2D eigenvalue weighted by molar-refractivity contribution is -0.132. The minimum atomic E-state index is -0.935. The summed E-state index contributed by atoms with van der Waals surface area (Å²) in [6, 6.07) is 15.4. The lowest BCUT2D eigenvalue weighted by Gasteiger charge is -2.27. The molecule has 3 aromatic rings. The molecule has 1 fully saturated rings. The Bertz CT molecular complexity index is 1480. The number of ether oxygens (including phenoxy) is 2. The predicted molar refractivity (Wildman–Crippen MR) is 165 cm³/mol. The normalized spacial score (nSPS) is 16.2. The molecule has 1 atom stereocenters. The third-order valence-electron chi connectivity index (χ3n) is 7.22. The Hall–Kier alpha value is -3.88. The van der Waals surface area contributed by atoms with E-state index >= 15 is 0 Å². The minimum Gasteiger partial charge on any atom is -0.507 e. The molecule has 0 radical (unpaired) electrons. The van der Waals surface area contributed by atoms with E-state index in [0.29, 0.717) is 11.3 Å². The fraction of sp³-hybridized carbons (Fsp3) is 0.290. The van der Waals surface area contributed by atoms with Crippen molar-refractivity contribution in [2.24, 2.45) is 0 Å². The van der Waals surface area contributed by atoms with Gasteiger partial charge in [0, 0.05) is 44.2 Å². The van der Waals surface area contributed by atoms with E-state index in [2.05, 4.69) is 18.7 Å². The number of hydrogen-bond donors (Lipinski definition) is 1. The van der Waals surface area contributed by atoms with Gasteiger partial charge < -0.3 is 24.4 Å². The molecule has 1 amide bonds. The first-order valence-corrected chi connectivity index (χ1v) is 13.9. The van der Waals surface area contributed by atoms with E-state index in [0.717, 1.165) is 24.5 Å². The summed E-state index contributed by atoms with van der Waals surface area (Å²) in [7, 11) is 6.61. The first-order valence-electron chi connectivity index (χ1n) is 13.1. The van der Waals surface area contributed by atoms with Gasteiger partial charge in [-0.1, -0.05) is 35.3 Å². The number of aliphatic hydroxyl groups excluding tert-OH is 1. The molecule has 0 bridgehead atoms. The van der Waals surface area contributed by atoms with Gasteiger partial charge in [0.1, 0.15) is 10.8 Å². The van der Waals surface area contributed by atoms with Crippen molar-refractivity contribution in [1.29, 1.82) is 0 Å². The Labute approximate surface area is 250 Å². The monoisotopic (exact) mass is 597 g/mol. The summed E-state index contributed by atoms with van der Waals surface area (Å²) < 4.78 is 10.8. The fourth-order valence-electron chi connectivity index (χ4n) is 5.07. The molecule has 216 valence electrons. The first kappa shape index (κ1) is 30.1. The number of benzene rings is 3. The summed E-state index contributed by atoms with van der Waals surface area (Å²) in [5, 5.41) is 11.8. The summed E-state index contributed by atoms with van der Waals surface area (Å²) >= 11 is 12.9. The van der Waals surface area contributed by atoms with E-state index < -0.39 is 23.5 Å². The van der Waals surface area contributed by atoms with Gasteiger partial charge in [0.2, 0.25) is 0 Å². The van der Waals surface area contributed by atoms with Crippen LogP contribution in [0.5, 0.6) is 11.5 Å². The Morgan fingerprint density at radius 1 is 0.902 bits per heavy atom. The van der Waals surface area contributed by atoms with E-state index in [9.17, 15) is 14.7 Å². The van der Waals surface area contributed by atoms with Crippen LogP contribution in [0.2, 0.25) is 10.0 Å². The first-order chi connectivity index (χ1) is 19.6. The highest BCUT2D eigenvalue weighted by atomic mass is 35.5. The molecule has 8 nitrogen and oxygen atoms in total. The van der Waals surface area contributed by atoms with Crippen molar-refractivity contribution in [1.82, 2.24) is 0 Å². The van der Waals surface area contributed by atoms with Crippen molar-refractivity contribution in [3.63, 3.8) is 0 Å². The average Bonchev–Trinajstić information content (AvgIpc) is 3.23. The number of halogens is 2. The Morgan fingerprint density at radius 3 is 1.98 bits per heavy atom. The molecule has 1 aliphatic heterocycles. The number of hydrogen-bond acceptors (Lipinski definition) is 7. The maximum Gasteiger partial charge on any atom is 0.300 e. The van der Waals surface area contributed by atoms with E-state index in [-0.39, 0.29) is 32.7 Å². The third kappa shape index (κ3) is 5.42. The number of aliphatic hydroxyl groups is 1. The number of carbonyl (C=O) groups is 2. The molecule has 0 saturated carbocycles. The van der Waals surface area contributed by atoms with Gasteiger partial charge in [-0.2, -0.15) is 0 Å². The molecule has 3 aromatic carbocycles. The highest BCUT2D eigenvalue weighted by molar-refractivity contribution is 6.52. The number of carbonyl (C=O) groups excluding carboxylic acids is 2. The van der Waals surface area contributed by atoms with Crippen LogP contribution in [0.15, 0.2) is 60.2 Å². The highest BCUT2D eigenvalue weighted by Gasteiger charge is 2.47. The number of anilines is 3. The molecule has 1 N–H and O–H groups in total. The average molecular weight is 599 g/mol. The zero-order valence-corrected chi connectivity index (χ0v) is 25.4. The Balaban J connectivity index is 1.97. The molecule has 41 heavy (non-hydrogen) atoms. The van der Waals surface area contributed by atoms with Crippen molar-refractivity contribution in [2.45, 2.75) is 19.9 Å². The van der Waals surface area contributed by atoms with Crippen LogP contribution in [-0.2, 0) is 9.59 Å². The second kappa shape index (κ2) is 12.3. The minimum absolute atomic E-state index is 0.0256. The number of amides is 1. The van der Waals surface area contributed by atoms with Crippen LogP contribution >= 0.6 is 23.2 Å². The molecular formula is C31H33Cl2N3O5. The summed E-state index contributed by atoms with van der Waals surface area (Å²) in [6.07, 6.45) is 0. The molecule has 1 saturated heterocycles. The maximum atomic E-state index is 13.7. The Kier molecular flexibility index (Phi) is 9.05. The molecule has 10 heteroatoms. The molecule has 1 heterocycles. The largest absolute Gasteiger partial charge is 0.507 e. The molecule has 1 aliphatic rings. The standard InChI is InChI=1S/C31H33Cl2N3O5/c1-7-35(8-2)20-11-9-18(10-12-20)26-24(27(37)22-17-23(32)30(41-6)25(33)29(22)40-5)28(38)31(39)36(26)21-15-13-19(14-16-21)34(3)4/h9-17,26,37H,7-8H2,1-6H3/b27-24+. The third-order valence-corrected chi connectivity index (χ3v) is 7.84. The number of Topliss-reactive ketones (excluding diaryl/α,β-unsaturated/α-hetero) is 1. The molecule has 4 rings (SSSR count). The van der Waals surface area contributed by atoms with E-state index in [4.69, 9.17) is 32.7 Å². The summed E-state index contributed by atoms with van der Waals surface area (Å²) in [5.41, 5.74) is 3.03. The van der Waals surface area contributed by atoms with E-state index in [1.807, 2.05) is 55.4 Å². The van der Waals surface area contributed by atoms with Crippen molar-refractivity contribution < 1.29 is 24.2 Å². The lowest BCUT2D eigenvalue weighted by atomic mass is 9.94. The maximum absolute atomic E-state index is 13.7. The van der Waals surface area contributed by atoms with E-state index in [1.165, 1.54) is 25.2 Å². The van der Waals surface area contributed by atoms with Crippen LogP contribution in [0, 0.1) is 0 Å². The summed E-state index contributed by atoms with van der Waals surface area (Å²) in [5.74, 6) is -1.86. The highest BCUT2D eigenvalue weighted by Crippen LogP contribution is 2.48. The van der Waals surface area contributed by atoms with Crippen LogP contribution in [0.3, 0.4) is 0 Å². The zero-order chi connectivity index (χ0) is 30.0. The van der Waals surface area contributed by atoms with Crippen molar-refractivity contribution in [3.05, 3.63) is 81.3 Å². The second-order valence-electron chi connectivity index (χ2n) is 9.63. The van der Waals surface area contributed by atoms with Crippen LogP contribution in [0.1, 0.15) is 31.0 Å². The molecule has 0 aromatic heterocycles. The van der Waals surface area contributed by atoms with Crippen molar-refractivity contribution in [2.75, 3.05) is 56.1 Å². The molecular weight excluding hydrogens is 565 g/mol. The number of rotatable bonds is 9. The molecule has 0 spiro atoms. The second-order valence-corrected chi connectivity index (χ2v) is 10.4. The number of methoxy groups -OCH3 is 2. The molecule has 1 unspecified atom stereocenters. The van der Waals surface area contributed by atoms with Crippen LogP contribution < -0.4 is 24.2 Å². The lowest BCUT2D eigenvalue weighted by Crippen LogP contribution is -2.29. The topological polar surface area (TPSA) is 82.5 Å². The smallest absolute Gasteiger partial charge is 0.300 e. The van der Waals surface area contributed by atoms with Gasteiger partial charge in [-0.15, -0.1) is 0 Å². The number of nitrogens with zero attached hydrogens (tertiary/aromatic N) is 3. The van der Waals surface area contributed by atoms with Crippen LogP contribution in [-0.4, -0.2) is 58.2 Å². The quantitative estimate of drug-likeness (QED) is 0.170. The van der Waals surface area contributed by atoms with Gasteiger partial charge in [-0.25, -0.2) is 0 Å². The van der Waals surface area contributed by atoms with Gasteiger partial charge in [0.05, 0.1) is 36.4 Å². The van der Waals surface area contributed by atoms with Crippen molar-refractivity contribution in [3.8, 4) is 11.5 Å². The van der Waals surface area contributed by atoms with Crippen LogP contribution in [0.4, 0.5) is 17.1 Å². The predicted octanol–water partition coefficient (Wildman–Crippen LogP) is 6.55. The summed E-state index contributed by atoms with van der Waals surface area (Å²) in [6.45, 7) is 5.79. The van der Waals surface area contributed by atoms with Crippen molar-refractivity contribution >= 4 is 57.7 Å². The summed E-state index contributed by atoms with van der Waals surface area (Å²) in [4.78, 5) is 32.8. The zero-order valence-electron chi connectivity index (χ0n) is 23.9. The number of ketones is 1. The van der Waals surface area contributed by atoms with Crippen LogP contribution in [0.25, 0.3) is 5.76 Å². The SMILES string of the molecule is CCN(CC)c1ccc(C2/C(=C(\O)c3cc(Cl)c(OC)c(Cl)c3OC)C(=O)C(=O)N2c2ccc(N(C)C)cc2)cc1.